The molecule has 1 amide bonds. The number of hydrogen-bond donors (Lipinski definition) is 2. The summed E-state index contributed by atoms with van der Waals surface area (Å²) in [5.41, 5.74) is 2.78. The van der Waals surface area contributed by atoms with Crippen molar-refractivity contribution in [1.82, 2.24) is 10.3 Å². The van der Waals surface area contributed by atoms with E-state index in [-0.39, 0.29) is 5.91 Å². The Morgan fingerprint density at radius 1 is 1.17 bits per heavy atom. The lowest BCUT2D eigenvalue weighted by Gasteiger charge is -2.10. The molecule has 0 radical (unpaired) electrons. The summed E-state index contributed by atoms with van der Waals surface area (Å²) in [6.07, 6.45) is 5.24. The van der Waals surface area contributed by atoms with Crippen molar-refractivity contribution in [2.75, 3.05) is 18.4 Å². The zero-order valence-electron chi connectivity index (χ0n) is 13.9. The third-order valence-corrected chi connectivity index (χ3v) is 3.49. The fourth-order valence-electron chi connectivity index (χ4n) is 2.22. The third kappa shape index (κ3) is 6.10. The van der Waals surface area contributed by atoms with Crippen LogP contribution in [0.4, 0.5) is 5.69 Å². The van der Waals surface area contributed by atoms with Crippen LogP contribution in [0.15, 0.2) is 48.8 Å². The number of rotatable bonds is 8. The summed E-state index contributed by atoms with van der Waals surface area (Å²) in [6.45, 7) is 5.81. The van der Waals surface area contributed by atoms with Crippen LogP contribution in [0.2, 0.25) is 0 Å². The minimum Gasteiger partial charge on any atom is -0.384 e. The van der Waals surface area contributed by atoms with Crippen molar-refractivity contribution in [2.24, 2.45) is 5.92 Å². The summed E-state index contributed by atoms with van der Waals surface area (Å²) in [7, 11) is 0. The van der Waals surface area contributed by atoms with Crippen molar-refractivity contribution in [2.45, 2.75) is 26.7 Å². The lowest BCUT2D eigenvalue weighted by Crippen LogP contribution is -2.25. The molecule has 2 rings (SSSR count). The van der Waals surface area contributed by atoms with Gasteiger partial charge >= 0.3 is 0 Å². The monoisotopic (exact) mass is 311 g/mol. The number of pyridine rings is 1. The third-order valence-electron chi connectivity index (χ3n) is 3.49. The van der Waals surface area contributed by atoms with Crippen LogP contribution in [0, 0.1) is 5.92 Å². The molecule has 2 N–H and O–H groups in total. The first-order valence-electron chi connectivity index (χ1n) is 8.16. The van der Waals surface area contributed by atoms with Crippen molar-refractivity contribution in [3.05, 3.63) is 59.9 Å². The van der Waals surface area contributed by atoms with E-state index in [4.69, 9.17) is 0 Å². The topological polar surface area (TPSA) is 54.0 Å². The molecule has 0 spiro atoms. The predicted molar refractivity (Wildman–Crippen MR) is 94.7 cm³/mol. The van der Waals surface area contributed by atoms with Gasteiger partial charge in [-0.25, -0.2) is 0 Å². The van der Waals surface area contributed by atoms with E-state index in [0.717, 1.165) is 25.1 Å². The molecule has 0 bridgehead atoms. The summed E-state index contributed by atoms with van der Waals surface area (Å²) in [6, 6.07) is 12.1. The van der Waals surface area contributed by atoms with Crippen LogP contribution in [0.3, 0.4) is 0 Å². The molecule has 4 nitrogen and oxygen atoms in total. The van der Waals surface area contributed by atoms with Crippen molar-refractivity contribution >= 4 is 11.6 Å². The number of nitrogens with zero attached hydrogens (tertiary/aromatic N) is 1. The number of amides is 1. The second kappa shape index (κ2) is 8.93. The van der Waals surface area contributed by atoms with Gasteiger partial charge < -0.3 is 10.6 Å². The summed E-state index contributed by atoms with van der Waals surface area (Å²) in [5, 5.41) is 6.24. The molecule has 4 heteroatoms. The van der Waals surface area contributed by atoms with E-state index in [0.29, 0.717) is 18.0 Å². The van der Waals surface area contributed by atoms with Gasteiger partial charge in [0.25, 0.3) is 5.91 Å². The van der Waals surface area contributed by atoms with Crippen LogP contribution in [0.5, 0.6) is 0 Å². The molecule has 0 saturated heterocycles. The van der Waals surface area contributed by atoms with Gasteiger partial charge in [-0.3, -0.25) is 9.78 Å². The lowest BCUT2D eigenvalue weighted by molar-refractivity contribution is 0.0953. The molecule has 0 saturated carbocycles. The van der Waals surface area contributed by atoms with E-state index in [2.05, 4.69) is 41.6 Å². The van der Waals surface area contributed by atoms with Crippen molar-refractivity contribution in [1.29, 1.82) is 0 Å². The molecular formula is C19H25N3O. The molecule has 0 aliphatic rings. The van der Waals surface area contributed by atoms with Gasteiger partial charge in [0.05, 0.1) is 11.3 Å². The highest BCUT2D eigenvalue weighted by atomic mass is 16.1. The van der Waals surface area contributed by atoms with Crippen molar-refractivity contribution in [3.8, 4) is 0 Å². The van der Waals surface area contributed by atoms with E-state index >= 15 is 0 Å². The first-order valence-corrected chi connectivity index (χ1v) is 8.16. The van der Waals surface area contributed by atoms with E-state index in [1.54, 1.807) is 12.4 Å². The minimum absolute atomic E-state index is 0.0706. The summed E-state index contributed by atoms with van der Waals surface area (Å²) >= 11 is 0. The lowest BCUT2D eigenvalue weighted by atomic mass is 10.1. The SMILES string of the molecule is CC(C)CNc1cncc(C(=O)NCCCc2ccccc2)c1. The number of hydrogen-bond acceptors (Lipinski definition) is 3. The second-order valence-electron chi connectivity index (χ2n) is 6.08. The first-order chi connectivity index (χ1) is 11.1. The molecule has 0 aliphatic carbocycles. The van der Waals surface area contributed by atoms with Gasteiger partial charge in [0.1, 0.15) is 0 Å². The number of nitrogens with one attached hydrogen (secondary N) is 2. The minimum atomic E-state index is -0.0706. The average molecular weight is 311 g/mol. The second-order valence-corrected chi connectivity index (χ2v) is 6.08. The number of benzene rings is 1. The number of aryl methyl sites for hydroxylation is 1. The Kier molecular flexibility index (Phi) is 6.60. The van der Waals surface area contributed by atoms with E-state index < -0.39 is 0 Å². The molecule has 23 heavy (non-hydrogen) atoms. The highest BCUT2D eigenvalue weighted by molar-refractivity contribution is 5.94. The van der Waals surface area contributed by atoms with Crippen LogP contribution in [0.1, 0.15) is 36.2 Å². The normalized spacial score (nSPS) is 10.6. The molecule has 1 heterocycles. The molecule has 1 aromatic carbocycles. The summed E-state index contributed by atoms with van der Waals surface area (Å²) in [5.74, 6) is 0.476. The highest BCUT2D eigenvalue weighted by Gasteiger charge is 2.06. The van der Waals surface area contributed by atoms with Gasteiger partial charge in [-0.05, 0) is 30.4 Å². The molecule has 0 atom stereocenters. The molecule has 2 aromatic rings. The Hall–Kier alpha value is -2.36. The highest BCUT2D eigenvalue weighted by Crippen LogP contribution is 2.09. The molecule has 0 aliphatic heterocycles. The van der Waals surface area contributed by atoms with Gasteiger partial charge in [-0.2, -0.15) is 0 Å². The largest absolute Gasteiger partial charge is 0.384 e. The van der Waals surface area contributed by atoms with Crippen LogP contribution >= 0.6 is 0 Å². The van der Waals surface area contributed by atoms with Gasteiger partial charge in [0, 0.05) is 25.5 Å². The van der Waals surface area contributed by atoms with Gasteiger partial charge in [0.15, 0.2) is 0 Å². The molecule has 0 fully saturated rings. The van der Waals surface area contributed by atoms with E-state index in [1.807, 2.05) is 24.3 Å². The maximum absolute atomic E-state index is 12.2. The quantitative estimate of drug-likeness (QED) is 0.734. The van der Waals surface area contributed by atoms with E-state index in [9.17, 15) is 4.79 Å². The van der Waals surface area contributed by atoms with Gasteiger partial charge in [0.2, 0.25) is 0 Å². The predicted octanol–water partition coefficient (Wildman–Crippen LogP) is 3.51. The van der Waals surface area contributed by atoms with Gasteiger partial charge in [-0.1, -0.05) is 44.2 Å². The van der Waals surface area contributed by atoms with Crippen LogP contribution in [0.25, 0.3) is 0 Å². The van der Waals surface area contributed by atoms with Crippen molar-refractivity contribution in [3.63, 3.8) is 0 Å². The molecule has 0 unspecified atom stereocenters. The molecule has 122 valence electrons. The Bertz CT molecular complexity index is 611. The molecule has 1 aromatic heterocycles. The fourth-order valence-corrected chi connectivity index (χ4v) is 2.22. The number of aromatic nitrogens is 1. The van der Waals surface area contributed by atoms with Crippen molar-refractivity contribution < 1.29 is 4.79 Å². The maximum Gasteiger partial charge on any atom is 0.252 e. The first kappa shape index (κ1) is 17.0. The number of carbonyl (C=O) groups excluding carboxylic acids is 1. The average Bonchev–Trinajstić information content (AvgIpc) is 2.58. The Morgan fingerprint density at radius 2 is 1.96 bits per heavy atom. The zero-order chi connectivity index (χ0) is 16.5. The smallest absolute Gasteiger partial charge is 0.252 e. The Labute approximate surface area is 138 Å². The Morgan fingerprint density at radius 3 is 2.70 bits per heavy atom. The molecular weight excluding hydrogens is 286 g/mol. The Balaban J connectivity index is 1.77. The van der Waals surface area contributed by atoms with Gasteiger partial charge in [-0.15, -0.1) is 0 Å². The van der Waals surface area contributed by atoms with Crippen LogP contribution in [-0.4, -0.2) is 24.0 Å². The van der Waals surface area contributed by atoms with Crippen LogP contribution < -0.4 is 10.6 Å². The number of anilines is 1. The number of carbonyl (C=O) groups is 1. The standard InChI is InChI=1S/C19H25N3O/c1-15(2)12-22-18-11-17(13-20-14-18)19(23)21-10-6-9-16-7-4-3-5-8-16/h3-5,7-8,11,13-15,22H,6,9-10,12H2,1-2H3,(H,21,23). The fraction of sp³-hybridized carbons (Fsp3) is 0.368. The van der Waals surface area contributed by atoms with Crippen LogP contribution in [-0.2, 0) is 6.42 Å². The maximum atomic E-state index is 12.2. The zero-order valence-corrected chi connectivity index (χ0v) is 13.9. The summed E-state index contributed by atoms with van der Waals surface area (Å²) in [4.78, 5) is 16.3. The van der Waals surface area contributed by atoms with E-state index in [1.165, 1.54) is 5.56 Å². The summed E-state index contributed by atoms with van der Waals surface area (Å²) < 4.78 is 0.